The molecule has 4 atom stereocenters. The fourth-order valence-corrected chi connectivity index (χ4v) is 6.24. The van der Waals surface area contributed by atoms with Crippen LogP contribution < -0.4 is 4.74 Å². The number of benzene rings is 2. The maximum atomic E-state index is 13.0. The van der Waals surface area contributed by atoms with Crippen molar-refractivity contribution in [2.45, 2.75) is 45.1 Å². The summed E-state index contributed by atoms with van der Waals surface area (Å²) in [7, 11) is 1.48. The number of hydrogen-bond donors (Lipinski definition) is 3. The number of carbonyl (C=O) groups is 2. The number of ether oxygens (including phenoxy) is 1. The van der Waals surface area contributed by atoms with Crippen molar-refractivity contribution in [2.24, 2.45) is 17.8 Å². The van der Waals surface area contributed by atoms with Gasteiger partial charge in [0.15, 0.2) is 0 Å². The van der Waals surface area contributed by atoms with Gasteiger partial charge in [0.1, 0.15) is 18.1 Å². The number of likely N-dealkylation sites (tertiary alicyclic amines) is 1. The third-order valence-electron chi connectivity index (χ3n) is 7.78. The first-order valence-corrected chi connectivity index (χ1v) is 14.2. The lowest BCUT2D eigenvalue weighted by Crippen LogP contribution is -2.39. The number of para-hydroxylation sites is 1. The van der Waals surface area contributed by atoms with Crippen LogP contribution in [0.4, 0.5) is 0 Å². The van der Waals surface area contributed by atoms with Gasteiger partial charge < -0.3 is 20.1 Å². The average molecular weight is 599 g/mol. The second-order valence-corrected chi connectivity index (χ2v) is 11.2. The summed E-state index contributed by atoms with van der Waals surface area (Å²) in [6, 6.07) is 14.6. The number of halogens is 1. The van der Waals surface area contributed by atoms with Crippen LogP contribution in [0.3, 0.4) is 0 Å². The van der Waals surface area contributed by atoms with Crippen molar-refractivity contribution in [3.05, 3.63) is 75.3 Å². The molecule has 0 radical (unpaired) electrons. The van der Waals surface area contributed by atoms with E-state index < -0.39 is 23.9 Å². The Morgan fingerprint density at radius 1 is 1.15 bits per heavy atom. The van der Waals surface area contributed by atoms with Gasteiger partial charge in [-0.3, -0.25) is 14.5 Å². The molecule has 2 aliphatic rings. The number of fused-ring (bicyclic) bond motifs is 1. The van der Waals surface area contributed by atoms with Crippen molar-refractivity contribution in [3.8, 4) is 11.5 Å². The zero-order chi connectivity index (χ0) is 28.1. The van der Waals surface area contributed by atoms with Crippen LogP contribution in [0, 0.1) is 17.8 Å². The van der Waals surface area contributed by atoms with E-state index in [1.807, 2.05) is 42.5 Å². The molecule has 1 aliphatic heterocycles. The monoisotopic (exact) mass is 597 g/mol. The smallest absolute Gasteiger partial charge is 0.233 e. The lowest BCUT2D eigenvalue weighted by molar-refractivity contribution is -0.138. The van der Waals surface area contributed by atoms with Gasteiger partial charge in [-0.1, -0.05) is 59.1 Å². The lowest BCUT2D eigenvalue weighted by atomic mass is 9.68. The molecule has 0 aromatic heterocycles. The summed E-state index contributed by atoms with van der Waals surface area (Å²) in [5.74, 6) is -1.65. The molecule has 8 heteroatoms. The lowest BCUT2D eigenvalue weighted by Gasteiger charge is -2.36. The SMILES string of the molecule is CCC/C(=C\c1cc(Br)ccc1O)CC[C@@H](O)C1=C(COc2ccccc2)C[C@H]2C(=O)N(C)C(=O)[C@H]2[C@H]1CO. The molecule has 7 nitrogen and oxygen atoms in total. The van der Waals surface area contributed by atoms with Gasteiger partial charge in [0.2, 0.25) is 11.8 Å². The van der Waals surface area contributed by atoms with Gasteiger partial charge in [0.25, 0.3) is 0 Å². The molecule has 1 heterocycles. The summed E-state index contributed by atoms with van der Waals surface area (Å²) in [6.07, 6.45) is 3.97. The Labute approximate surface area is 237 Å². The normalized spacial score (nSPS) is 22.3. The molecule has 0 spiro atoms. The summed E-state index contributed by atoms with van der Waals surface area (Å²) in [5, 5.41) is 32.3. The molecule has 1 fully saturated rings. The maximum absolute atomic E-state index is 13.0. The number of aliphatic hydroxyl groups is 2. The number of phenols is 1. The molecular weight excluding hydrogens is 562 g/mol. The summed E-state index contributed by atoms with van der Waals surface area (Å²) < 4.78 is 6.88. The van der Waals surface area contributed by atoms with Crippen LogP contribution in [-0.4, -0.2) is 58.4 Å². The van der Waals surface area contributed by atoms with Gasteiger partial charge in [-0.05, 0) is 67.2 Å². The van der Waals surface area contributed by atoms with Crippen molar-refractivity contribution in [1.29, 1.82) is 0 Å². The fourth-order valence-electron chi connectivity index (χ4n) is 5.87. The molecule has 39 heavy (non-hydrogen) atoms. The van der Waals surface area contributed by atoms with Gasteiger partial charge in [-0.15, -0.1) is 0 Å². The zero-order valence-corrected chi connectivity index (χ0v) is 23.9. The number of carbonyl (C=O) groups excluding carboxylic acids is 2. The number of amides is 2. The second-order valence-electron chi connectivity index (χ2n) is 10.3. The van der Waals surface area contributed by atoms with E-state index in [0.717, 1.165) is 33.4 Å². The van der Waals surface area contributed by atoms with E-state index in [0.29, 0.717) is 36.1 Å². The Morgan fingerprint density at radius 2 is 1.90 bits per heavy atom. The van der Waals surface area contributed by atoms with E-state index in [-0.39, 0.29) is 30.8 Å². The highest BCUT2D eigenvalue weighted by atomic mass is 79.9. The minimum atomic E-state index is -0.928. The van der Waals surface area contributed by atoms with Crippen molar-refractivity contribution < 1.29 is 29.6 Å². The van der Waals surface area contributed by atoms with E-state index in [4.69, 9.17) is 4.74 Å². The Bertz CT molecular complexity index is 1260. The maximum Gasteiger partial charge on any atom is 0.233 e. The second kappa shape index (κ2) is 12.9. The number of hydrogen-bond acceptors (Lipinski definition) is 6. The molecule has 3 N–H and O–H groups in total. The summed E-state index contributed by atoms with van der Waals surface area (Å²) in [6.45, 7) is 1.89. The van der Waals surface area contributed by atoms with Crippen LogP contribution in [0.5, 0.6) is 11.5 Å². The molecule has 1 aliphatic carbocycles. The quantitative estimate of drug-likeness (QED) is 0.246. The molecule has 208 valence electrons. The van der Waals surface area contributed by atoms with Crippen molar-refractivity contribution in [3.63, 3.8) is 0 Å². The predicted octanol–water partition coefficient (Wildman–Crippen LogP) is 5.10. The van der Waals surface area contributed by atoms with E-state index in [9.17, 15) is 24.9 Å². The number of aromatic hydroxyl groups is 1. The molecule has 2 amide bonds. The zero-order valence-electron chi connectivity index (χ0n) is 22.3. The van der Waals surface area contributed by atoms with Crippen molar-refractivity contribution in [1.82, 2.24) is 4.90 Å². The van der Waals surface area contributed by atoms with E-state index >= 15 is 0 Å². The number of allylic oxidation sites excluding steroid dienone is 1. The third-order valence-corrected chi connectivity index (χ3v) is 8.27. The van der Waals surface area contributed by atoms with E-state index in [2.05, 4.69) is 22.9 Å². The third kappa shape index (κ3) is 6.45. The fraction of sp³-hybridized carbons (Fsp3) is 0.419. The first kappa shape index (κ1) is 29.1. The van der Waals surface area contributed by atoms with Crippen LogP contribution in [0.2, 0.25) is 0 Å². The van der Waals surface area contributed by atoms with Crippen molar-refractivity contribution in [2.75, 3.05) is 20.3 Å². The first-order valence-electron chi connectivity index (χ1n) is 13.4. The molecule has 4 rings (SSSR count). The highest BCUT2D eigenvalue weighted by Crippen LogP contribution is 2.46. The topological polar surface area (TPSA) is 107 Å². The van der Waals surface area contributed by atoms with E-state index in [1.165, 1.54) is 7.05 Å². The summed E-state index contributed by atoms with van der Waals surface area (Å²) in [5.41, 5.74) is 3.14. The Hall–Kier alpha value is -2.94. The molecule has 2 aromatic carbocycles. The van der Waals surface area contributed by atoms with E-state index in [1.54, 1.807) is 12.1 Å². The van der Waals surface area contributed by atoms with Gasteiger partial charge in [-0.25, -0.2) is 0 Å². The Balaban J connectivity index is 1.63. The van der Waals surface area contributed by atoms with Gasteiger partial charge in [0, 0.05) is 23.0 Å². The van der Waals surface area contributed by atoms with Gasteiger partial charge >= 0.3 is 0 Å². The van der Waals surface area contributed by atoms with Crippen LogP contribution in [0.25, 0.3) is 6.08 Å². The number of rotatable bonds is 11. The van der Waals surface area contributed by atoms with Crippen LogP contribution in [0.15, 0.2) is 69.7 Å². The van der Waals surface area contributed by atoms with Crippen LogP contribution in [0.1, 0.15) is 44.6 Å². The standard InChI is InChI=1S/C31H36BrNO6/c1-3-7-19(14-20-15-22(32)11-13-26(20)35)10-12-27(36)28-21(18-39-23-8-5-4-6-9-23)16-24-29(25(28)17-34)31(38)33(2)30(24)37/h4-6,8-9,11,13-15,24-25,27,29,34-36H,3,7,10,12,16-18H2,1-2H3/b19-14+/t24-,25+,27-,29-/m1/s1. The average Bonchev–Trinajstić information content (AvgIpc) is 3.15. The predicted molar refractivity (Wildman–Crippen MR) is 153 cm³/mol. The highest BCUT2D eigenvalue weighted by Gasteiger charge is 2.53. The molecule has 2 aromatic rings. The minimum absolute atomic E-state index is 0.158. The number of imide groups is 1. The molecule has 0 saturated carbocycles. The van der Waals surface area contributed by atoms with Crippen molar-refractivity contribution >= 4 is 33.8 Å². The molecule has 0 bridgehead atoms. The first-order chi connectivity index (χ1) is 18.7. The highest BCUT2D eigenvalue weighted by molar-refractivity contribution is 9.10. The molecule has 1 saturated heterocycles. The van der Waals surface area contributed by atoms with Gasteiger partial charge in [-0.2, -0.15) is 0 Å². The van der Waals surface area contributed by atoms with Crippen LogP contribution in [-0.2, 0) is 9.59 Å². The minimum Gasteiger partial charge on any atom is -0.507 e. The summed E-state index contributed by atoms with van der Waals surface area (Å²) in [4.78, 5) is 27.0. The molecule has 0 unspecified atom stereocenters. The molecular formula is C31H36BrNO6. The van der Waals surface area contributed by atoms with Gasteiger partial charge in [0.05, 0.1) is 24.5 Å². The van der Waals surface area contributed by atoms with Crippen LogP contribution >= 0.6 is 15.9 Å². The Kier molecular flexibility index (Phi) is 9.64. The number of nitrogens with zero attached hydrogens (tertiary/aromatic N) is 1. The summed E-state index contributed by atoms with van der Waals surface area (Å²) >= 11 is 3.45. The Morgan fingerprint density at radius 3 is 2.59 bits per heavy atom. The number of aliphatic hydroxyl groups excluding tert-OH is 2. The largest absolute Gasteiger partial charge is 0.507 e. The number of phenolic OH excluding ortho intramolecular Hbond substituents is 1.